The lowest BCUT2D eigenvalue weighted by atomic mass is 9.77. The van der Waals surface area contributed by atoms with Gasteiger partial charge in [0.1, 0.15) is 23.2 Å². The van der Waals surface area contributed by atoms with E-state index < -0.39 is 5.92 Å². The van der Waals surface area contributed by atoms with E-state index in [9.17, 15) is 10.1 Å². The van der Waals surface area contributed by atoms with Crippen LogP contribution in [0.3, 0.4) is 0 Å². The molecule has 1 heterocycles. The number of nitrogens with zero attached hydrogens (tertiary/aromatic N) is 1. The number of benzene rings is 1. The zero-order valence-corrected chi connectivity index (χ0v) is 13.0. The number of hydrogen-bond acceptors (Lipinski definition) is 5. The molecule has 0 radical (unpaired) electrons. The number of ketones is 1. The summed E-state index contributed by atoms with van der Waals surface area (Å²) in [5.74, 6) is 1.04. The van der Waals surface area contributed by atoms with Crippen LogP contribution in [0, 0.1) is 11.3 Å². The fourth-order valence-electron chi connectivity index (χ4n) is 3.11. The molecule has 0 saturated carbocycles. The number of nitrogens with two attached hydrogens (primary N) is 1. The third-order valence-corrected chi connectivity index (χ3v) is 4.13. The van der Waals surface area contributed by atoms with Crippen LogP contribution in [0.1, 0.15) is 37.7 Å². The molecule has 0 amide bonds. The molecule has 2 N–H and O–H groups in total. The molecule has 0 bridgehead atoms. The maximum atomic E-state index is 12.4. The van der Waals surface area contributed by atoms with Crippen molar-refractivity contribution in [3.63, 3.8) is 0 Å². The molecule has 1 atom stereocenters. The summed E-state index contributed by atoms with van der Waals surface area (Å²) in [6.45, 7) is 2.50. The molecule has 1 aromatic rings. The zero-order valence-electron chi connectivity index (χ0n) is 13.0. The summed E-state index contributed by atoms with van der Waals surface area (Å²) in [7, 11) is 0. The number of rotatable bonds is 3. The van der Waals surface area contributed by atoms with Crippen LogP contribution in [0.2, 0.25) is 0 Å². The van der Waals surface area contributed by atoms with Crippen LogP contribution in [-0.4, -0.2) is 12.4 Å². The molecule has 5 nitrogen and oxygen atoms in total. The van der Waals surface area contributed by atoms with Crippen molar-refractivity contribution in [1.29, 1.82) is 5.26 Å². The molecular weight excluding hydrogens is 292 g/mol. The summed E-state index contributed by atoms with van der Waals surface area (Å²) < 4.78 is 11.0. The van der Waals surface area contributed by atoms with Crippen molar-refractivity contribution in [3.05, 3.63) is 52.6 Å². The van der Waals surface area contributed by atoms with Crippen LogP contribution in [-0.2, 0) is 9.53 Å². The van der Waals surface area contributed by atoms with Gasteiger partial charge in [0.05, 0.1) is 12.5 Å². The van der Waals surface area contributed by atoms with E-state index in [0.717, 1.165) is 17.7 Å². The Morgan fingerprint density at radius 2 is 2.09 bits per heavy atom. The molecule has 23 heavy (non-hydrogen) atoms. The predicted octanol–water partition coefficient (Wildman–Crippen LogP) is 2.90. The maximum absolute atomic E-state index is 12.4. The number of ether oxygens (including phenoxy) is 2. The molecule has 118 valence electrons. The van der Waals surface area contributed by atoms with E-state index in [-0.39, 0.29) is 11.7 Å². The number of Topliss-reactive ketones (excluding diaryl/α,β-unsaturated/α-hetero) is 1. The van der Waals surface area contributed by atoms with Crippen LogP contribution in [0.25, 0.3) is 0 Å². The van der Waals surface area contributed by atoms with Gasteiger partial charge in [-0.05, 0) is 31.0 Å². The van der Waals surface area contributed by atoms with Gasteiger partial charge in [0, 0.05) is 18.4 Å². The van der Waals surface area contributed by atoms with E-state index in [1.165, 1.54) is 0 Å². The Labute approximate surface area is 135 Å². The lowest BCUT2D eigenvalue weighted by Crippen LogP contribution is -2.27. The molecule has 0 unspecified atom stereocenters. The predicted molar refractivity (Wildman–Crippen MR) is 84.1 cm³/mol. The van der Waals surface area contributed by atoms with Gasteiger partial charge in [0.15, 0.2) is 5.78 Å². The smallest absolute Gasteiger partial charge is 0.205 e. The van der Waals surface area contributed by atoms with E-state index in [0.29, 0.717) is 36.4 Å². The van der Waals surface area contributed by atoms with E-state index >= 15 is 0 Å². The molecule has 0 fully saturated rings. The standard InChI is InChI=1S/C18H18N2O3/c1-2-22-12-8-6-11(7-9-12)16-13(10-19)18(20)23-15-5-3-4-14(21)17(15)16/h6-9,16H,2-5,20H2,1H3/t16-/m0/s1. The third-order valence-electron chi connectivity index (χ3n) is 4.13. The minimum absolute atomic E-state index is 0.0328. The summed E-state index contributed by atoms with van der Waals surface area (Å²) in [4.78, 5) is 12.4. The van der Waals surface area contributed by atoms with Crippen LogP contribution in [0.4, 0.5) is 0 Å². The summed E-state index contributed by atoms with van der Waals surface area (Å²) in [5, 5.41) is 9.48. The molecule has 1 aromatic carbocycles. The summed E-state index contributed by atoms with van der Waals surface area (Å²) in [5.41, 5.74) is 7.63. The van der Waals surface area contributed by atoms with E-state index in [1.807, 2.05) is 31.2 Å². The minimum Gasteiger partial charge on any atom is -0.494 e. The second-order valence-corrected chi connectivity index (χ2v) is 5.54. The van der Waals surface area contributed by atoms with Crippen LogP contribution < -0.4 is 10.5 Å². The van der Waals surface area contributed by atoms with Gasteiger partial charge in [-0.15, -0.1) is 0 Å². The Balaban J connectivity index is 2.07. The van der Waals surface area contributed by atoms with Gasteiger partial charge in [-0.3, -0.25) is 4.79 Å². The van der Waals surface area contributed by atoms with E-state index in [1.54, 1.807) is 0 Å². The van der Waals surface area contributed by atoms with Crippen molar-refractivity contribution in [3.8, 4) is 11.8 Å². The first-order chi connectivity index (χ1) is 11.2. The second-order valence-electron chi connectivity index (χ2n) is 5.54. The van der Waals surface area contributed by atoms with E-state index in [4.69, 9.17) is 15.2 Å². The quantitative estimate of drug-likeness (QED) is 0.927. The van der Waals surface area contributed by atoms with E-state index in [2.05, 4.69) is 6.07 Å². The fraction of sp³-hybridized carbons (Fsp3) is 0.333. The van der Waals surface area contributed by atoms with Gasteiger partial charge in [0.2, 0.25) is 5.88 Å². The Morgan fingerprint density at radius 3 is 2.74 bits per heavy atom. The van der Waals surface area contributed by atoms with Crippen molar-refractivity contribution in [1.82, 2.24) is 0 Å². The lowest BCUT2D eigenvalue weighted by molar-refractivity contribution is -0.116. The highest BCUT2D eigenvalue weighted by atomic mass is 16.5. The molecule has 0 saturated heterocycles. The first-order valence-electron chi connectivity index (χ1n) is 7.72. The van der Waals surface area contributed by atoms with Gasteiger partial charge in [-0.25, -0.2) is 0 Å². The van der Waals surface area contributed by atoms with Crippen molar-refractivity contribution < 1.29 is 14.3 Å². The SMILES string of the molecule is CCOc1ccc([C@H]2C(C#N)=C(N)OC3=C2C(=O)CCC3)cc1. The van der Waals surface area contributed by atoms with Crippen LogP contribution >= 0.6 is 0 Å². The van der Waals surface area contributed by atoms with Gasteiger partial charge < -0.3 is 15.2 Å². The van der Waals surface area contributed by atoms with Gasteiger partial charge in [-0.1, -0.05) is 12.1 Å². The molecule has 3 rings (SSSR count). The highest BCUT2D eigenvalue weighted by Crippen LogP contribution is 2.43. The number of nitriles is 1. The molecule has 2 aliphatic rings. The minimum atomic E-state index is -0.452. The third kappa shape index (κ3) is 2.68. The lowest BCUT2D eigenvalue weighted by Gasteiger charge is -2.31. The summed E-state index contributed by atoms with van der Waals surface area (Å²) in [6.07, 6.45) is 1.91. The van der Waals surface area contributed by atoms with Crippen molar-refractivity contribution in [2.75, 3.05) is 6.61 Å². The number of allylic oxidation sites excluding steroid dienone is 3. The highest BCUT2D eigenvalue weighted by Gasteiger charge is 2.37. The maximum Gasteiger partial charge on any atom is 0.205 e. The Morgan fingerprint density at radius 1 is 1.35 bits per heavy atom. The summed E-state index contributed by atoms with van der Waals surface area (Å²) >= 11 is 0. The number of carbonyl (C=O) groups excluding carboxylic acids is 1. The highest BCUT2D eigenvalue weighted by molar-refractivity contribution is 5.99. The first kappa shape index (κ1) is 15.2. The van der Waals surface area contributed by atoms with Gasteiger partial charge in [-0.2, -0.15) is 5.26 Å². The number of hydrogen-bond donors (Lipinski definition) is 1. The van der Waals surface area contributed by atoms with Gasteiger partial charge in [0.25, 0.3) is 0 Å². The van der Waals surface area contributed by atoms with Crippen molar-refractivity contribution in [2.24, 2.45) is 5.73 Å². The molecule has 0 aromatic heterocycles. The molecule has 0 spiro atoms. The topological polar surface area (TPSA) is 85.3 Å². The van der Waals surface area contributed by atoms with Crippen molar-refractivity contribution >= 4 is 5.78 Å². The largest absolute Gasteiger partial charge is 0.494 e. The van der Waals surface area contributed by atoms with Crippen molar-refractivity contribution in [2.45, 2.75) is 32.1 Å². The van der Waals surface area contributed by atoms with Crippen LogP contribution in [0.5, 0.6) is 5.75 Å². The van der Waals surface area contributed by atoms with Crippen LogP contribution in [0.15, 0.2) is 47.1 Å². The Hall–Kier alpha value is -2.74. The summed E-state index contributed by atoms with van der Waals surface area (Å²) in [6, 6.07) is 9.53. The monoisotopic (exact) mass is 310 g/mol. The first-order valence-corrected chi connectivity index (χ1v) is 7.72. The average molecular weight is 310 g/mol. The molecule has 1 aliphatic heterocycles. The van der Waals surface area contributed by atoms with Gasteiger partial charge >= 0.3 is 0 Å². The second kappa shape index (κ2) is 6.17. The Bertz CT molecular complexity index is 739. The fourth-order valence-corrected chi connectivity index (χ4v) is 3.11. The average Bonchev–Trinajstić information content (AvgIpc) is 2.55. The Kier molecular flexibility index (Phi) is 4.07. The zero-order chi connectivity index (χ0) is 16.4. The molecular formula is C18H18N2O3. The molecule has 1 aliphatic carbocycles. The number of carbonyl (C=O) groups is 1. The normalized spacial score (nSPS) is 20.7. The molecule has 5 heteroatoms.